The Labute approximate surface area is 179 Å². The SMILES string of the molecule is CCOC(=O)C(CCc1ccccc1)N(C(C)C)C(C)C(=O)N1CCCC1C(=O)O. The first kappa shape index (κ1) is 23.9. The van der Waals surface area contributed by atoms with Gasteiger partial charge in [0.2, 0.25) is 5.91 Å². The highest BCUT2D eigenvalue weighted by atomic mass is 16.5. The fourth-order valence-corrected chi connectivity index (χ4v) is 4.31. The van der Waals surface area contributed by atoms with Crippen LogP contribution in [0.2, 0.25) is 0 Å². The summed E-state index contributed by atoms with van der Waals surface area (Å²) in [6.07, 6.45) is 2.33. The summed E-state index contributed by atoms with van der Waals surface area (Å²) >= 11 is 0. The Morgan fingerprint density at radius 3 is 2.43 bits per heavy atom. The van der Waals surface area contributed by atoms with Crippen molar-refractivity contribution in [2.24, 2.45) is 0 Å². The maximum Gasteiger partial charge on any atom is 0.326 e. The van der Waals surface area contributed by atoms with E-state index < -0.39 is 24.1 Å². The van der Waals surface area contributed by atoms with Gasteiger partial charge in [0, 0.05) is 12.6 Å². The average Bonchev–Trinajstić information content (AvgIpc) is 3.21. The number of esters is 1. The highest BCUT2D eigenvalue weighted by Crippen LogP contribution is 2.24. The van der Waals surface area contributed by atoms with Gasteiger partial charge in [-0.1, -0.05) is 30.3 Å². The summed E-state index contributed by atoms with van der Waals surface area (Å²) in [5, 5.41) is 9.46. The Hall–Kier alpha value is -2.41. The number of aliphatic carboxylic acids is 1. The van der Waals surface area contributed by atoms with Gasteiger partial charge in [-0.2, -0.15) is 0 Å². The van der Waals surface area contributed by atoms with E-state index >= 15 is 0 Å². The highest BCUT2D eigenvalue weighted by Gasteiger charge is 2.41. The maximum absolute atomic E-state index is 13.2. The van der Waals surface area contributed by atoms with Crippen molar-refractivity contribution in [2.75, 3.05) is 13.2 Å². The number of hydrogen-bond acceptors (Lipinski definition) is 5. The molecule has 1 aliphatic rings. The van der Waals surface area contributed by atoms with E-state index in [1.807, 2.05) is 49.1 Å². The van der Waals surface area contributed by atoms with Crippen LogP contribution in [0.5, 0.6) is 0 Å². The zero-order valence-electron chi connectivity index (χ0n) is 18.4. The van der Waals surface area contributed by atoms with Crippen molar-refractivity contribution in [3.8, 4) is 0 Å². The molecule has 0 aliphatic carbocycles. The van der Waals surface area contributed by atoms with Gasteiger partial charge in [0.15, 0.2) is 0 Å². The second-order valence-electron chi connectivity index (χ2n) is 8.04. The molecule has 3 atom stereocenters. The zero-order chi connectivity index (χ0) is 22.3. The number of hydrogen-bond donors (Lipinski definition) is 1. The lowest BCUT2D eigenvalue weighted by Crippen LogP contribution is -2.57. The molecule has 0 spiro atoms. The first-order valence-electron chi connectivity index (χ1n) is 10.8. The van der Waals surface area contributed by atoms with Crippen LogP contribution in [0.25, 0.3) is 0 Å². The van der Waals surface area contributed by atoms with Crippen molar-refractivity contribution >= 4 is 17.8 Å². The summed E-state index contributed by atoms with van der Waals surface area (Å²) < 4.78 is 5.34. The first-order valence-corrected chi connectivity index (χ1v) is 10.8. The Morgan fingerprint density at radius 2 is 1.87 bits per heavy atom. The molecule has 0 radical (unpaired) electrons. The highest BCUT2D eigenvalue weighted by molar-refractivity contribution is 5.88. The number of carboxylic acid groups (broad SMARTS) is 1. The topological polar surface area (TPSA) is 87.2 Å². The molecule has 3 unspecified atom stereocenters. The smallest absolute Gasteiger partial charge is 0.326 e. The normalized spacial score (nSPS) is 18.5. The van der Waals surface area contributed by atoms with E-state index in [-0.39, 0.29) is 24.5 Å². The van der Waals surface area contributed by atoms with Crippen molar-refractivity contribution in [1.29, 1.82) is 0 Å². The lowest BCUT2D eigenvalue weighted by atomic mass is 10.0. The van der Waals surface area contributed by atoms with Crippen molar-refractivity contribution in [3.05, 3.63) is 35.9 Å². The van der Waals surface area contributed by atoms with Crippen LogP contribution in [-0.2, 0) is 25.5 Å². The lowest BCUT2D eigenvalue weighted by Gasteiger charge is -2.39. The number of benzene rings is 1. The third-order valence-electron chi connectivity index (χ3n) is 5.69. The molecule has 1 fully saturated rings. The van der Waals surface area contributed by atoms with E-state index in [9.17, 15) is 19.5 Å². The number of carbonyl (C=O) groups is 3. The number of amides is 1. The quantitative estimate of drug-likeness (QED) is 0.588. The standard InChI is InChI=1S/C23H34N2O5/c1-5-30-23(29)20(14-13-18-10-7-6-8-11-18)25(16(2)3)17(4)21(26)24-15-9-12-19(24)22(27)28/h6-8,10-11,16-17,19-20H,5,9,12-15H2,1-4H3,(H,27,28). The number of likely N-dealkylation sites (tertiary alicyclic amines) is 1. The summed E-state index contributed by atoms with van der Waals surface area (Å²) in [7, 11) is 0. The Bertz CT molecular complexity index is 722. The van der Waals surface area contributed by atoms with E-state index in [4.69, 9.17) is 4.74 Å². The molecule has 1 heterocycles. The minimum atomic E-state index is -0.977. The lowest BCUT2D eigenvalue weighted by molar-refractivity contribution is -0.157. The van der Waals surface area contributed by atoms with E-state index in [0.717, 1.165) is 5.56 Å². The summed E-state index contributed by atoms with van der Waals surface area (Å²) in [6, 6.07) is 7.78. The molecule has 1 aromatic rings. The molecule has 0 bridgehead atoms. The number of aryl methyl sites for hydroxylation is 1. The van der Waals surface area contributed by atoms with Gasteiger partial charge in [0.25, 0.3) is 0 Å². The van der Waals surface area contributed by atoms with E-state index in [2.05, 4.69) is 0 Å². The molecule has 2 rings (SSSR count). The van der Waals surface area contributed by atoms with Crippen molar-refractivity contribution in [3.63, 3.8) is 0 Å². The molecule has 1 saturated heterocycles. The van der Waals surface area contributed by atoms with Crippen LogP contribution in [0.1, 0.15) is 52.5 Å². The summed E-state index contributed by atoms with van der Waals surface area (Å²) in [6.45, 7) is 8.10. The monoisotopic (exact) mass is 418 g/mol. The molecule has 0 saturated carbocycles. The van der Waals surface area contributed by atoms with Gasteiger partial charge in [0.1, 0.15) is 12.1 Å². The summed E-state index contributed by atoms with van der Waals surface area (Å²) in [5.41, 5.74) is 1.11. The van der Waals surface area contributed by atoms with Gasteiger partial charge in [-0.05, 0) is 58.9 Å². The molecule has 1 N–H and O–H groups in total. The molecule has 1 aliphatic heterocycles. The van der Waals surface area contributed by atoms with Gasteiger partial charge in [-0.25, -0.2) is 4.79 Å². The van der Waals surface area contributed by atoms with Crippen molar-refractivity contribution < 1.29 is 24.2 Å². The molecule has 1 aromatic carbocycles. The number of carbonyl (C=O) groups excluding carboxylic acids is 2. The third-order valence-corrected chi connectivity index (χ3v) is 5.69. The summed E-state index contributed by atoms with van der Waals surface area (Å²) in [5.74, 6) is -1.57. The second-order valence-corrected chi connectivity index (χ2v) is 8.04. The molecule has 7 heteroatoms. The van der Waals surface area contributed by atoms with Gasteiger partial charge in [-0.15, -0.1) is 0 Å². The predicted molar refractivity (Wildman–Crippen MR) is 114 cm³/mol. The van der Waals surface area contributed by atoms with Gasteiger partial charge in [-0.3, -0.25) is 14.5 Å². The molecule has 30 heavy (non-hydrogen) atoms. The van der Waals surface area contributed by atoms with Crippen LogP contribution >= 0.6 is 0 Å². The van der Waals surface area contributed by atoms with Crippen LogP contribution in [0.3, 0.4) is 0 Å². The van der Waals surface area contributed by atoms with Crippen LogP contribution in [0, 0.1) is 0 Å². The van der Waals surface area contributed by atoms with E-state index in [0.29, 0.717) is 32.2 Å². The molecule has 1 amide bonds. The maximum atomic E-state index is 13.2. The molecule has 0 aromatic heterocycles. The Morgan fingerprint density at radius 1 is 1.20 bits per heavy atom. The minimum absolute atomic E-state index is 0.0972. The van der Waals surface area contributed by atoms with Crippen LogP contribution in [0.15, 0.2) is 30.3 Å². The molecule has 166 valence electrons. The second kappa shape index (κ2) is 11.1. The average molecular weight is 419 g/mol. The number of carboxylic acids is 1. The molecular formula is C23H34N2O5. The van der Waals surface area contributed by atoms with Gasteiger partial charge < -0.3 is 14.7 Å². The summed E-state index contributed by atoms with van der Waals surface area (Å²) in [4.78, 5) is 41.0. The van der Waals surface area contributed by atoms with Crippen molar-refractivity contribution in [2.45, 2.75) is 77.5 Å². The molecule has 7 nitrogen and oxygen atoms in total. The van der Waals surface area contributed by atoms with E-state index in [1.54, 1.807) is 13.8 Å². The van der Waals surface area contributed by atoms with Crippen LogP contribution in [0.4, 0.5) is 0 Å². The fourth-order valence-electron chi connectivity index (χ4n) is 4.31. The van der Waals surface area contributed by atoms with Gasteiger partial charge in [0.05, 0.1) is 12.6 Å². The fraction of sp³-hybridized carbons (Fsp3) is 0.609. The Kier molecular flexibility index (Phi) is 8.84. The first-order chi connectivity index (χ1) is 14.3. The van der Waals surface area contributed by atoms with Gasteiger partial charge >= 0.3 is 11.9 Å². The van der Waals surface area contributed by atoms with E-state index in [1.165, 1.54) is 4.90 Å². The van der Waals surface area contributed by atoms with Crippen molar-refractivity contribution in [1.82, 2.24) is 9.80 Å². The number of nitrogens with zero attached hydrogens (tertiary/aromatic N) is 2. The third kappa shape index (κ3) is 5.81. The molecular weight excluding hydrogens is 384 g/mol. The van der Waals surface area contributed by atoms with Crippen LogP contribution < -0.4 is 0 Å². The predicted octanol–water partition coefficient (Wildman–Crippen LogP) is 2.73. The largest absolute Gasteiger partial charge is 0.480 e. The Balaban J connectivity index is 2.24. The number of ether oxygens (including phenoxy) is 1. The minimum Gasteiger partial charge on any atom is -0.480 e. The zero-order valence-corrected chi connectivity index (χ0v) is 18.4. The number of rotatable bonds is 10. The van der Waals surface area contributed by atoms with Crippen LogP contribution in [-0.4, -0.2) is 70.1 Å².